The van der Waals surface area contributed by atoms with E-state index in [4.69, 9.17) is 0 Å². The Balaban J connectivity index is 2.11. The van der Waals surface area contributed by atoms with E-state index >= 15 is 0 Å². The molecule has 3 heteroatoms. The van der Waals surface area contributed by atoms with Gasteiger partial charge in [0.25, 0.3) is 0 Å². The number of hydrogen-bond acceptors (Lipinski definition) is 2. The molecule has 3 nitrogen and oxygen atoms in total. The number of amides is 1. The van der Waals surface area contributed by atoms with Crippen LogP contribution in [0.2, 0.25) is 0 Å². The minimum absolute atomic E-state index is 0.150. The summed E-state index contributed by atoms with van der Waals surface area (Å²) in [5.41, 5.74) is 2.41. The van der Waals surface area contributed by atoms with Crippen molar-refractivity contribution in [1.29, 1.82) is 0 Å². The van der Waals surface area contributed by atoms with E-state index < -0.39 is 0 Å². The van der Waals surface area contributed by atoms with Gasteiger partial charge in [0.1, 0.15) is 0 Å². The molecule has 1 heterocycles. The maximum absolute atomic E-state index is 12.1. The number of carbonyl (C=O) groups excluding carboxylic acids is 1. The number of anilines is 1. The first-order valence-electron chi connectivity index (χ1n) is 6.48. The zero-order chi connectivity index (χ0) is 13.3. The molecule has 1 saturated heterocycles. The van der Waals surface area contributed by atoms with E-state index in [9.17, 15) is 4.79 Å². The number of hydrogen-bond donors (Lipinski definition) is 1. The van der Waals surface area contributed by atoms with Gasteiger partial charge in [-0.15, -0.1) is 0 Å². The largest absolute Gasteiger partial charge is 0.315 e. The standard InChI is InChI=1S/C15H22N2O/c1-15(2,3)12-5-7-13(8-6-12)17(4)14(18)11-9-16-10-11/h5-8,11,16H,9-10H2,1-4H3. The fraction of sp³-hybridized carbons (Fsp3) is 0.533. The Labute approximate surface area is 109 Å². The molecular formula is C15H22N2O. The molecule has 0 aliphatic carbocycles. The average molecular weight is 246 g/mol. The number of nitrogens with zero attached hydrogens (tertiary/aromatic N) is 1. The Morgan fingerprint density at radius 2 is 1.78 bits per heavy atom. The summed E-state index contributed by atoms with van der Waals surface area (Å²) in [6, 6.07) is 8.28. The molecule has 0 radical (unpaired) electrons. The van der Waals surface area contributed by atoms with Crippen molar-refractivity contribution in [1.82, 2.24) is 5.32 Å². The van der Waals surface area contributed by atoms with Crippen LogP contribution in [0, 0.1) is 5.92 Å². The lowest BCUT2D eigenvalue weighted by Crippen LogP contribution is -2.51. The molecule has 2 rings (SSSR count). The van der Waals surface area contributed by atoms with Crippen molar-refractivity contribution >= 4 is 11.6 Å². The van der Waals surface area contributed by atoms with E-state index in [1.54, 1.807) is 4.90 Å². The molecule has 1 N–H and O–H groups in total. The lowest BCUT2D eigenvalue weighted by molar-refractivity contribution is -0.123. The molecule has 1 amide bonds. The van der Waals surface area contributed by atoms with E-state index in [1.165, 1.54) is 5.56 Å². The molecule has 1 fully saturated rings. The number of benzene rings is 1. The van der Waals surface area contributed by atoms with Crippen molar-refractivity contribution in [3.8, 4) is 0 Å². The van der Waals surface area contributed by atoms with Crippen molar-refractivity contribution in [2.45, 2.75) is 26.2 Å². The molecule has 98 valence electrons. The molecule has 0 aromatic heterocycles. The summed E-state index contributed by atoms with van der Waals surface area (Å²) in [5, 5.41) is 3.13. The summed E-state index contributed by atoms with van der Waals surface area (Å²) in [4.78, 5) is 13.9. The summed E-state index contributed by atoms with van der Waals surface area (Å²) in [5.74, 6) is 0.356. The number of rotatable bonds is 2. The average Bonchev–Trinajstić information content (AvgIpc) is 2.24. The van der Waals surface area contributed by atoms with E-state index in [-0.39, 0.29) is 17.2 Å². The molecule has 18 heavy (non-hydrogen) atoms. The summed E-state index contributed by atoms with van der Waals surface area (Å²) in [6.07, 6.45) is 0. The van der Waals surface area contributed by atoms with Gasteiger partial charge < -0.3 is 10.2 Å². The van der Waals surface area contributed by atoms with Gasteiger partial charge in [0, 0.05) is 25.8 Å². The fourth-order valence-electron chi connectivity index (χ4n) is 2.05. The van der Waals surface area contributed by atoms with Crippen LogP contribution in [0.1, 0.15) is 26.3 Å². The van der Waals surface area contributed by atoms with Gasteiger partial charge in [-0.3, -0.25) is 4.79 Å². The van der Waals surface area contributed by atoms with Crippen molar-refractivity contribution in [3.63, 3.8) is 0 Å². The van der Waals surface area contributed by atoms with Crippen molar-refractivity contribution in [2.75, 3.05) is 25.0 Å². The van der Waals surface area contributed by atoms with Gasteiger partial charge in [-0.05, 0) is 23.1 Å². The second kappa shape index (κ2) is 4.73. The van der Waals surface area contributed by atoms with Gasteiger partial charge in [0.05, 0.1) is 5.92 Å². The molecule has 1 aliphatic rings. The number of carbonyl (C=O) groups is 1. The first-order chi connectivity index (χ1) is 8.39. The Kier molecular flexibility index (Phi) is 3.44. The molecule has 0 spiro atoms. The van der Waals surface area contributed by atoms with Crippen LogP contribution in [0.15, 0.2) is 24.3 Å². The lowest BCUT2D eigenvalue weighted by Gasteiger charge is -2.30. The Morgan fingerprint density at radius 3 is 2.17 bits per heavy atom. The maximum atomic E-state index is 12.1. The van der Waals surface area contributed by atoms with Crippen LogP contribution in [0.3, 0.4) is 0 Å². The van der Waals surface area contributed by atoms with Crippen molar-refractivity contribution in [3.05, 3.63) is 29.8 Å². The topological polar surface area (TPSA) is 32.3 Å². The van der Waals surface area contributed by atoms with E-state index in [0.717, 1.165) is 18.8 Å². The van der Waals surface area contributed by atoms with Gasteiger partial charge in [0.2, 0.25) is 5.91 Å². The lowest BCUT2D eigenvalue weighted by atomic mass is 9.87. The Bertz CT molecular complexity index is 427. The minimum Gasteiger partial charge on any atom is -0.315 e. The van der Waals surface area contributed by atoms with Crippen molar-refractivity contribution in [2.24, 2.45) is 5.92 Å². The third-order valence-electron chi connectivity index (χ3n) is 3.58. The van der Waals surface area contributed by atoms with Crippen LogP contribution >= 0.6 is 0 Å². The third-order valence-corrected chi connectivity index (χ3v) is 3.58. The van der Waals surface area contributed by atoms with Crippen molar-refractivity contribution < 1.29 is 4.79 Å². The highest BCUT2D eigenvalue weighted by atomic mass is 16.2. The predicted molar refractivity (Wildman–Crippen MR) is 74.9 cm³/mol. The minimum atomic E-state index is 0.150. The third kappa shape index (κ3) is 2.56. The zero-order valence-electron chi connectivity index (χ0n) is 11.7. The molecule has 1 aliphatic heterocycles. The van der Waals surface area contributed by atoms with Crippen LogP contribution in [0.5, 0.6) is 0 Å². The van der Waals surface area contributed by atoms with Gasteiger partial charge in [-0.1, -0.05) is 32.9 Å². The monoisotopic (exact) mass is 246 g/mol. The molecule has 0 saturated carbocycles. The van der Waals surface area contributed by atoms with Crippen LogP contribution in [0.25, 0.3) is 0 Å². The molecule has 0 atom stereocenters. The zero-order valence-corrected chi connectivity index (χ0v) is 11.7. The summed E-state index contributed by atoms with van der Waals surface area (Å²) in [6.45, 7) is 8.19. The normalized spacial score (nSPS) is 16.2. The molecule has 0 bridgehead atoms. The highest BCUT2D eigenvalue weighted by Gasteiger charge is 2.28. The van der Waals surface area contributed by atoms with E-state index in [1.807, 2.05) is 19.2 Å². The van der Waals surface area contributed by atoms with Crippen LogP contribution < -0.4 is 10.2 Å². The quantitative estimate of drug-likeness (QED) is 0.867. The van der Waals surface area contributed by atoms with Gasteiger partial charge in [-0.25, -0.2) is 0 Å². The Hall–Kier alpha value is -1.35. The Morgan fingerprint density at radius 1 is 1.22 bits per heavy atom. The highest BCUT2D eigenvalue weighted by molar-refractivity contribution is 5.95. The van der Waals surface area contributed by atoms with E-state index in [0.29, 0.717) is 0 Å². The molecular weight excluding hydrogens is 224 g/mol. The summed E-state index contributed by atoms with van der Waals surface area (Å²) in [7, 11) is 1.85. The highest BCUT2D eigenvalue weighted by Crippen LogP contribution is 2.25. The van der Waals surface area contributed by atoms with Crippen LogP contribution in [0.4, 0.5) is 5.69 Å². The second-order valence-electron chi connectivity index (χ2n) is 6.05. The van der Waals surface area contributed by atoms with Gasteiger partial charge in [0.15, 0.2) is 0 Å². The maximum Gasteiger partial charge on any atom is 0.232 e. The van der Waals surface area contributed by atoms with E-state index in [2.05, 4.69) is 38.2 Å². The summed E-state index contributed by atoms with van der Waals surface area (Å²) >= 11 is 0. The SMILES string of the molecule is CN(C(=O)C1CNC1)c1ccc(C(C)(C)C)cc1. The molecule has 1 aromatic rings. The smallest absolute Gasteiger partial charge is 0.232 e. The van der Waals surface area contributed by atoms with Crippen LogP contribution in [-0.4, -0.2) is 26.0 Å². The van der Waals surface area contributed by atoms with Crippen LogP contribution in [-0.2, 0) is 10.2 Å². The number of nitrogens with one attached hydrogen (secondary N) is 1. The van der Waals surface area contributed by atoms with Gasteiger partial charge >= 0.3 is 0 Å². The molecule has 1 aromatic carbocycles. The fourth-order valence-corrected chi connectivity index (χ4v) is 2.05. The summed E-state index contributed by atoms with van der Waals surface area (Å²) < 4.78 is 0. The second-order valence-corrected chi connectivity index (χ2v) is 6.05. The molecule has 0 unspecified atom stereocenters. The first-order valence-corrected chi connectivity index (χ1v) is 6.48. The van der Waals surface area contributed by atoms with Gasteiger partial charge in [-0.2, -0.15) is 0 Å². The predicted octanol–water partition coefficient (Wildman–Crippen LogP) is 2.17. The first kappa shape index (κ1) is 13.1.